The molecule has 1 aliphatic carbocycles. The average molecular weight is 429 g/mol. The molecule has 0 spiro atoms. The molecule has 1 aliphatic heterocycles. The number of aromatic nitrogens is 2. The molecule has 2 heterocycles. The van der Waals surface area contributed by atoms with Gasteiger partial charge in [-0.3, -0.25) is 28.8 Å². The Morgan fingerprint density at radius 3 is 2.50 bits per heavy atom. The van der Waals surface area contributed by atoms with E-state index < -0.39 is 35.8 Å². The number of likely N-dealkylation sites (tertiary alicyclic amines) is 1. The minimum Gasteiger partial charge on any atom is -0.318 e. The van der Waals surface area contributed by atoms with Crippen LogP contribution in [0.1, 0.15) is 18.5 Å². The lowest BCUT2D eigenvalue weighted by atomic mass is 9.85. The number of hydrogen-bond acceptors (Lipinski definition) is 4. The molecular weight excluding hydrogens is 408 g/mol. The Labute approximate surface area is 177 Å². The van der Waals surface area contributed by atoms with Crippen molar-refractivity contribution in [2.45, 2.75) is 19.8 Å². The maximum Gasteiger partial charge on any atom is 0.295 e. The second kappa shape index (κ2) is 7.60. The molecule has 1 aromatic carbocycles. The Morgan fingerprint density at radius 2 is 1.80 bits per heavy atom. The van der Waals surface area contributed by atoms with Gasteiger partial charge < -0.3 is 5.32 Å². The van der Waals surface area contributed by atoms with Crippen LogP contribution in [0.4, 0.5) is 5.69 Å². The summed E-state index contributed by atoms with van der Waals surface area (Å²) in [6.45, 7) is 1.28. The zero-order valence-electron chi connectivity index (χ0n) is 16.6. The molecule has 4 rings (SSSR count). The molecule has 2 aromatic rings. The van der Waals surface area contributed by atoms with Gasteiger partial charge in [0.25, 0.3) is 5.56 Å². The molecule has 1 N–H and O–H groups in total. The minimum absolute atomic E-state index is 0.118. The van der Waals surface area contributed by atoms with Crippen LogP contribution in [0.15, 0.2) is 46.2 Å². The van der Waals surface area contributed by atoms with E-state index >= 15 is 0 Å². The highest BCUT2D eigenvalue weighted by molar-refractivity contribution is 6.30. The van der Waals surface area contributed by atoms with Gasteiger partial charge in [-0.2, -0.15) is 0 Å². The van der Waals surface area contributed by atoms with Crippen molar-refractivity contribution in [1.82, 2.24) is 14.3 Å². The lowest BCUT2D eigenvalue weighted by Gasteiger charge is -2.17. The standard InChI is InChI=1S/C21H21ClN4O4/c1-12-18(21(30)26(24(12)2)14-6-4-3-5-7-14)23-17(27)11-25-19(28)15-9-8-13(22)10-16(15)20(25)29/h3-8,15-16H,9-11H2,1-2H3,(H,23,27)/t15-,16+/m1/s1. The number of imide groups is 1. The Morgan fingerprint density at radius 1 is 1.13 bits per heavy atom. The summed E-state index contributed by atoms with van der Waals surface area (Å²) in [6.07, 6.45) is 2.46. The van der Waals surface area contributed by atoms with E-state index in [1.807, 2.05) is 18.2 Å². The molecule has 2 aliphatic rings. The van der Waals surface area contributed by atoms with Crippen LogP contribution < -0.4 is 10.9 Å². The average Bonchev–Trinajstić information content (AvgIpc) is 3.08. The summed E-state index contributed by atoms with van der Waals surface area (Å²) in [6, 6.07) is 9.04. The topological polar surface area (TPSA) is 93.4 Å². The van der Waals surface area contributed by atoms with E-state index in [2.05, 4.69) is 5.32 Å². The molecule has 9 heteroatoms. The van der Waals surface area contributed by atoms with Gasteiger partial charge in [-0.05, 0) is 31.9 Å². The zero-order valence-corrected chi connectivity index (χ0v) is 17.3. The zero-order chi connectivity index (χ0) is 21.6. The smallest absolute Gasteiger partial charge is 0.295 e. The molecule has 2 atom stereocenters. The van der Waals surface area contributed by atoms with Crippen LogP contribution >= 0.6 is 11.6 Å². The third kappa shape index (κ3) is 3.27. The number of carbonyl (C=O) groups excluding carboxylic acids is 3. The summed E-state index contributed by atoms with van der Waals surface area (Å²) >= 11 is 6.02. The van der Waals surface area contributed by atoms with Crippen molar-refractivity contribution < 1.29 is 14.4 Å². The fourth-order valence-corrected chi connectivity index (χ4v) is 4.34. The van der Waals surface area contributed by atoms with Crippen molar-refractivity contribution in [3.63, 3.8) is 0 Å². The van der Waals surface area contributed by atoms with Crippen LogP contribution in [0.25, 0.3) is 5.69 Å². The second-order valence-corrected chi connectivity index (χ2v) is 8.04. The van der Waals surface area contributed by atoms with Gasteiger partial charge in [0.15, 0.2) is 0 Å². The molecule has 8 nitrogen and oxygen atoms in total. The lowest BCUT2D eigenvalue weighted by molar-refractivity contribution is -0.142. The number of allylic oxidation sites excluding steroid dienone is 2. The quantitative estimate of drug-likeness (QED) is 0.753. The predicted octanol–water partition coefficient (Wildman–Crippen LogP) is 1.94. The summed E-state index contributed by atoms with van der Waals surface area (Å²) in [7, 11) is 1.72. The highest BCUT2D eigenvalue weighted by Gasteiger charge is 2.48. The first-order chi connectivity index (χ1) is 14.3. The SMILES string of the molecule is Cc1c(NC(=O)CN2C(=O)[C@H]3CC(Cl)=CC[C@H]3C2=O)c(=O)n(-c2ccccc2)n1C. The van der Waals surface area contributed by atoms with Crippen molar-refractivity contribution in [1.29, 1.82) is 0 Å². The molecule has 1 fully saturated rings. The van der Waals surface area contributed by atoms with Crippen molar-refractivity contribution in [2.75, 3.05) is 11.9 Å². The van der Waals surface area contributed by atoms with Crippen molar-refractivity contribution in [2.24, 2.45) is 18.9 Å². The van der Waals surface area contributed by atoms with Gasteiger partial charge in [0, 0.05) is 12.1 Å². The first kappa shape index (κ1) is 20.2. The molecule has 0 unspecified atom stereocenters. The monoisotopic (exact) mass is 428 g/mol. The van der Waals surface area contributed by atoms with E-state index in [1.54, 1.807) is 36.9 Å². The summed E-state index contributed by atoms with van der Waals surface area (Å²) in [5.74, 6) is -2.34. The summed E-state index contributed by atoms with van der Waals surface area (Å²) < 4.78 is 3.08. The number of hydrogen-bond donors (Lipinski definition) is 1. The van der Waals surface area contributed by atoms with E-state index in [0.29, 0.717) is 29.3 Å². The molecule has 1 aromatic heterocycles. The third-order valence-corrected chi connectivity index (χ3v) is 6.09. The number of para-hydroxylation sites is 1. The Balaban J connectivity index is 1.54. The van der Waals surface area contributed by atoms with Gasteiger partial charge in [-0.15, -0.1) is 0 Å². The molecule has 0 bridgehead atoms. The molecule has 1 saturated heterocycles. The lowest BCUT2D eigenvalue weighted by Crippen LogP contribution is -2.39. The van der Waals surface area contributed by atoms with Gasteiger partial charge in [0.1, 0.15) is 12.2 Å². The third-order valence-electron chi connectivity index (χ3n) is 5.78. The molecular formula is C21H21ClN4O4. The van der Waals surface area contributed by atoms with E-state index in [0.717, 1.165) is 4.90 Å². The van der Waals surface area contributed by atoms with Crippen molar-refractivity contribution >= 4 is 35.0 Å². The van der Waals surface area contributed by atoms with Crippen LogP contribution in [0.2, 0.25) is 0 Å². The molecule has 0 radical (unpaired) electrons. The summed E-state index contributed by atoms with van der Waals surface area (Å²) in [4.78, 5) is 51.8. The van der Waals surface area contributed by atoms with Crippen molar-refractivity contribution in [3.8, 4) is 5.69 Å². The van der Waals surface area contributed by atoms with Crippen molar-refractivity contribution in [3.05, 3.63) is 57.5 Å². The van der Waals surface area contributed by atoms with Crippen LogP contribution in [-0.4, -0.2) is 38.5 Å². The number of nitrogens with zero attached hydrogens (tertiary/aromatic N) is 3. The number of rotatable bonds is 4. The predicted molar refractivity (Wildman–Crippen MR) is 111 cm³/mol. The number of amides is 3. The van der Waals surface area contributed by atoms with Crippen LogP contribution in [0.5, 0.6) is 0 Å². The van der Waals surface area contributed by atoms with E-state index in [9.17, 15) is 19.2 Å². The Kier molecular flexibility index (Phi) is 5.11. The van der Waals surface area contributed by atoms with Gasteiger partial charge in [0.2, 0.25) is 17.7 Å². The largest absolute Gasteiger partial charge is 0.318 e. The molecule has 30 heavy (non-hydrogen) atoms. The maximum absolute atomic E-state index is 12.9. The van der Waals surface area contributed by atoms with E-state index in [1.165, 1.54) is 4.68 Å². The second-order valence-electron chi connectivity index (χ2n) is 7.55. The number of nitrogens with one attached hydrogen (secondary N) is 1. The minimum atomic E-state index is -0.597. The van der Waals surface area contributed by atoms with E-state index in [4.69, 9.17) is 11.6 Å². The van der Waals surface area contributed by atoms with Gasteiger partial charge in [0.05, 0.1) is 23.2 Å². The fraction of sp³-hybridized carbons (Fsp3) is 0.333. The normalized spacial score (nSPS) is 20.9. The highest BCUT2D eigenvalue weighted by Crippen LogP contribution is 2.38. The Hall–Kier alpha value is -3.13. The first-order valence-electron chi connectivity index (χ1n) is 9.63. The van der Waals surface area contributed by atoms with Gasteiger partial charge in [-0.1, -0.05) is 35.9 Å². The molecule has 3 amide bonds. The maximum atomic E-state index is 12.9. The summed E-state index contributed by atoms with van der Waals surface area (Å²) in [5, 5.41) is 3.15. The number of halogens is 1. The fourth-order valence-electron chi connectivity index (χ4n) is 4.09. The highest BCUT2D eigenvalue weighted by atomic mass is 35.5. The number of anilines is 1. The van der Waals surface area contributed by atoms with Gasteiger partial charge >= 0.3 is 0 Å². The molecule has 156 valence electrons. The van der Waals surface area contributed by atoms with Crippen LogP contribution in [-0.2, 0) is 21.4 Å². The summed E-state index contributed by atoms with van der Waals surface area (Å²) in [5.41, 5.74) is 0.943. The van der Waals surface area contributed by atoms with E-state index in [-0.39, 0.29) is 11.6 Å². The number of carbonyl (C=O) groups is 3. The Bertz CT molecular complexity index is 1130. The van der Waals surface area contributed by atoms with Crippen LogP contribution in [0.3, 0.4) is 0 Å². The number of fused-ring (bicyclic) bond motifs is 1. The molecule has 0 saturated carbocycles. The number of benzene rings is 1. The van der Waals surface area contributed by atoms with Crippen LogP contribution in [0, 0.1) is 18.8 Å². The van der Waals surface area contributed by atoms with Gasteiger partial charge in [-0.25, -0.2) is 4.68 Å². The first-order valence-corrected chi connectivity index (χ1v) is 10.0.